The third-order valence-electron chi connectivity index (χ3n) is 3.18. The second-order valence-electron chi connectivity index (χ2n) is 5.25. The molecule has 10 heteroatoms. The van der Waals surface area contributed by atoms with Gasteiger partial charge in [0.05, 0.1) is 22.2 Å². The molecular weight excluding hydrogens is 351 g/mol. The number of nitrogens with zero attached hydrogens (tertiary/aromatic N) is 2. The van der Waals surface area contributed by atoms with Crippen LogP contribution in [0.1, 0.15) is 41.0 Å². The molecule has 1 fully saturated rings. The molecule has 0 radical (unpaired) electrons. The molecule has 0 amide bonds. The highest BCUT2D eigenvalue weighted by Crippen LogP contribution is 2.41. The standard InChI is InChI=1S/C13H12F3N3O2S2/c14-13(15,16)9-3-11(20)19-10(18-9)6-23(21)5-8-4-22-12(17-8)7-1-2-7/h3-4,7H,1-2,5-6H2,(H,18,19,20)/t23-/m0/s1. The molecule has 2 aromatic heterocycles. The number of thiazole rings is 1. The van der Waals surface area contributed by atoms with Gasteiger partial charge in [0.1, 0.15) is 5.82 Å². The van der Waals surface area contributed by atoms with Gasteiger partial charge in [-0.05, 0) is 12.8 Å². The van der Waals surface area contributed by atoms with Crippen molar-refractivity contribution in [2.24, 2.45) is 0 Å². The van der Waals surface area contributed by atoms with Gasteiger partial charge in [0.25, 0.3) is 5.56 Å². The van der Waals surface area contributed by atoms with Crippen LogP contribution in [0.2, 0.25) is 0 Å². The van der Waals surface area contributed by atoms with Gasteiger partial charge in [-0.1, -0.05) is 0 Å². The second kappa shape index (κ2) is 6.16. The largest absolute Gasteiger partial charge is 0.433 e. The molecule has 2 heterocycles. The lowest BCUT2D eigenvalue weighted by Gasteiger charge is -2.07. The molecule has 0 unspecified atom stereocenters. The molecule has 5 nitrogen and oxygen atoms in total. The average Bonchev–Trinajstić information content (AvgIpc) is 3.18. The molecule has 0 spiro atoms. The molecule has 0 saturated heterocycles. The van der Waals surface area contributed by atoms with Crippen LogP contribution in [0, 0.1) is 0 Å². The molecule has 1 atom stereocenters. The molecule has 0 aliphatic heterocycles. The summed E-state index contributed by atoms with van der Waals surface area (Å²) in [7, 11) is -1.50. The van der Waals surface area contributed by atoms with E-state index in [2.05, 4.69) is 15.0 Å². The molecule has 0 bridgehead atoms. The average molecular weight is 363 g/mol. The van der Waals surface area contributed by atoms with Crippen molar-refractivity contribution in [3.8, 4) is 0 Å². The maximum absolute atomic E-state index is 12.6. The van der Waals surface area contributed by atoms with Crippen molar-refractivity contribution in [3.63, 3.8) is 0 Å². The zero-order chi connectivity index (χ0) is 16.6. The molecule has 0 aromatic carbocycles. The van der Waals surface area contributed by atoms with Crippen molar-refractivity contribution in [3.05, 3.63) is 44.0 Å². The summed E-state index contributed by atoms with van der Waals surface area (Å²) in [6.07, 6.45) is -2.48. The molecule has 1 aliphatic carbocycles. The Morgan fingerprint density at radius 3 is 2.70 bits per heavy atom. The van der Waals surface area contributed by atoms with Gasteiger partial charge < -0.3 is 4.98 Å². The molecule has 2 aromatic rings. The van der Waals surface area contributed by atoms with Crippen molar-refractivity contribution < 1.29 is 17.4 Å². The fourth-order valence-corrected chi connectivity index (χ4v) is 4.11. The Morgan fingerprint density at radius 2 is 2.04 bits per heavy atom. The van der Waals surface area contributed by atoms with Gasteiger partial charge in [0.15, 0.2) is 5.69 Å². The Bertz CT molecular complexity index is 796. The lowest BCUT2D eigenvalue weighted by Crippen LogP contribution is -2.19. The van der Waals surface area contributed by atoms with Crippen LogP contribution in [-0.4, -0.2) is 19.2 Å². The molecule has 124 valence electrons. The van der Waals surface area contributed by atoms with E-state index in [0.29, 0.717) is 17.7 Å². The summed E-state index contributed by atoms with van der Waals surface area (Å²) < 4.78 is 49.9. The van der Waals surface area contributed by atoms with Crippen LogP contribution in [-0.2, 0) is 28.5 Å². The maximum atomic E-state index is 12.6. The van der Waals surface area contributed by atoms with Gasteiger partial charge >= 0.3 is 6.18 Å². The van der Waals surface area contributed by atoms with Gasteiger partial charge in [-0.3, -0.25) is 9.00 Å². The number of halogens is 3. The third kappa shape index (κ3) is 4.25. The van der Waals surface area contributed by atoms with Crippen LogP contribution in [0.15, 0.2) is 16.2 Å². The fraction of sp³-hybridized carbons (Fsp3) is 0.462. The molecule has 23 heavy (non-hydrogen) atoms. The number of hydrogen-bond acceptors (Lipinski definition) is 5. The van der Waals surface area contributed by atoms with Crippen molar-refractivity contribution in [2.75, 3.05) is 0 Å². The van der Waals surface area contributed by atoms with E-state index in [9.17, 15) is 22.2 Å². The Hall–Kier alpha value is -1.55. The van der Waals surface area contributed by atoms with Crippen LogP contribution >= 0.6 is 11.3 Å². The van der Waals surface area contributed by atoms with Gasteiger partial charge in [0, 0.05) is 28.2 Å². The first-order valence-electron chi connectivity index (χ1n) is 6.78. The van der Waals surface area contributed by atoms with Crippen LogP contribution in [0.4, 0.5) is 13.2 Å². The summed E-state index contributed by atoms with van der Waals surface area (Å²) >= 11 is 1.51. The summed E-state index contributed by atoms with van der Waals surface area (Å²) in [4.78, 5) is 21.2. The minimum Gasteiger partial charge on any atom is -0.310 e. The SMILES string of the molecule is O=c1cc(C(F)(F)F)nc(C[S@@](=O)Cc2csc(C3CC3)n2)[nH]1. The van der Waals surface area contributed by atoms with Crippen LogP contribution < -0.4 is 5.56 Å². The Kier molecular flexibility index (Phi) is 4.37. The topological polar surface area (TPSA) is 75.7 Å². The van der Waals surface area contributed by atoms with Crippen molar-refractivity contribution in [2.45, 2.75) is 36.4 Å². The van der Waals surface area contributed by atoms with Gasteiger partial charge in [-0.25, -0.2) is 9.97 Å². The lowest BCUT2D eigenvalue weighted by atomic mass is 10.4. The van der Waals surface area contributed by atoms with Crippen LogP contribution in [0.5, 0.6) is 0 Å². The highest BCUT2D eigenvalue weighted by atomic mass is 32.2. The third-order valence-corrected chi connectivity index (χ3v) is 5.45. The number of nitrogens with one attached hydrogen (secondary N) is 1. The highest BCUT2D eigenvalue weighted by molar-refractivity contribution is 7.83. The predicted molar refractivity (Wildman–Crippen MR) is 79.5 cm³/mol. The molecule has 3 rings (SSSR count). The normalized spacial score (nSPS) is 16.5. The highest BCUT2D eigenvalue weighted by Gasteiger charge is 2.33. The first-order valence-corrected chi connectivity index (χ1v) is 9.15. The summed E-state index contributed by atoms with van der Waals surface area (Å²) in [6, 6.07) is 0.384. The van der Waals surface area contributed by atoms with Gasteiger partial charge in [-0.15, -0.1) is 11.3 Å². The monoisotopic (exact) mass is 363 g/mol. The van der Waals surface area contributed by atoms with Gasteiger partial charge in [-0.2, -0.15) is 13.2 Å². The van der Waals surface area contributed by atoms with E-state index < -0.39 is 28.2 Å². The van der Waals surface area contributed by atoms with E-state index in [4.69, 9.17) is 0 Å². The van der Waals surface area contributed by atoms with Crippen molar-refractivity contribution in [1.82, 2.24) is 15.0 Å². The Morgan fingerprint density at radius 1 is 1.30 bits per heavy atom. The van der Waals surface area contributed by atoms with E-state index in [0.717, 1.165) is 17.8 Å². The van der Waals surface area contributed by atoms with Crippen molar-refractivity contribution in [1.29, 1.82) is 0 Å². The minimum atomic E-state index is -4.71. The maximum Gasteiger partial charge on any atom is 0.433 e. The van der Waals surface area contributed by atoms with E-state index in [-0.39, 0.29) is 17.3 Å². The van der Waals surface area contributed by atoms with E-state index >= 15 is 0 Å². The summed E-state index contributed by atoms with van der Waals surface area (Å²) in [5.74, 6) is 0.142. The summed E-state index contributed by atoms with van der Waals surface area (Å²) in [5, 5.41) is 2.83. The molecule has 1 saturated carbocycles. The number of aromatic amines is 1. The minimum absolute atomic E-state index is 0.128. The fourth-order valence-electron chi connectivity index (χ4n) is 2.00. The molecule has 1 aliphatic rings. The lowest BCUT2D eigenvalue weighted by molar-refractivity contribution is -0.141. The van der Waals surface area contributed by atoms with E-state index in [1.165, 1.54) is 11.3 Å². The van der Waals surface area contributed by atoms with Crippen LogP contribution in [0.3, 0.4) is 0 Å². The van der Waals surface area contributed by atoms with E-state index in [1.807, 2.05) is 5.38 Å². The zero-order valence-electron chi connectivity index (χ0n) is 11.7. The number of hydrogen-bond donors (Lipinski definition) is 1. The first-order chi connectivity index (χ1) is 10.8. The Balaban J connectivity index is 1.69. The smallest absolute Gasteiger partial charge is 0.310 e. The molecule has 1 N–H and O–H groups in total. The number of H-pyrrole nitrogens is 1. The molecular formula is C13H12F3N3O2S2. The van der Waals surface area contributed by atoms with Crippen molar-refractivity contribution >= 4 is 22.1 Å². The first kappa shape index (κ1) is 16.3. The van der Waals surface area contributed by atoms with E-state index in [1.54, 1.807) is 0 Å². The van der Waals surface area contributed by atoms with Gasteiger partial charge in [0.2, 0.25) is 0 Å². The number of rotatable bonds is 5. The predicted octanol–water partition coefficient (Wildman–Crippen LogP) is 2.57. The summed E-state index contributed by atoms with van der Waals surface area (Å²) in [5.41, 5.74) is -1.54. The van der Waals surface area contributed by atoms with Crippen LogP contribution in [0.25, 0.3) is 0 Å². The number of aromatic nitrogens is 3. The Labute approximate surface area is 135 Å². The number of alkyl halides is 3. The second-order valence-corrected chi connectivity index (χ2v) is 7.60. The summed E-state index contributed by atoms with van der Waals surface area (Å²) in [6.45, 7) is 0. The zero-order valence-corrected chi connectivity index (χ0v) is 13.4. The quantitative estimate of drug-likeness (QED) is 0.886.